The molecule has 0 aromatic heterocycles. The van der Waals surface area contributed by atoms with Crippen LogP contribution in [0.25, 0.3) is 0 Å². The number of rotatable bonds is 1. The maximum Gasteiger partial charge on any atom is 0.0876 e. The highest BCUT2D eigenvalue weighted by Gasteiger charge is 2.33. The predicted molar refractivity (Wildman–Crippen MR) is 48.7 cm³/mol. The maximum atomic E-state index is 6.29. The van der Waals surface area contributed by atoms with E-state index in [1.54, 1.807) is 0 Å². The molecule has 0 atom stereocenters. The third-order valence-corrected chi connectivity index (χ3v) is 3.07. The molecule has 1 fully saturated rings. The Morgan fingerprint density at radius 2 is 2.00 bits per heavy atom. The van der Waals surface area contributed by atoms with Gasteiger partial charge in [0.15, 0.2) is 0 Å². The molecule has 1 saturated carbocycles. The van der Waals surface area contributed by atoms with Crippen LogP contribution in [0.5, 0.6) is 0 Å². The summed E-state index contributed by atoms with van der Waals surface area (Å²) in [6, 6.07) is 0. The summed E-state index contributed by atoms with van der Waals surface area (Å²) in [6.07, 6.45) is 9.09. The van der Waals surface area contributed by atoms with Gasteiger partial charge in [0, 0.05) is 5.54 Å². The van der Waals surface area contributed by atoms with Gasteiger partial charge in [-0.05, 0) is 31.3 Å². The lowest BCUT2D eigenvalue weighted by Gasteiger charge is -2.29. The lowest BCUT2D eigenvalue weighted by atomic mass is 9.86. The summed E-state index contributed by atoms with van der Waals surface area (Å²) in [7, 11) is 0. The monoisotopic (exact) mass is 167 g/mol. The molecule has 2 nitrogen and oxygen atoms in total. The highest BCUT2D eigenvalue weighted by molar-refractivity contribution is 5.20. The van der Waals surface area contributed by atoms with Crippen LogP contribution in [0.2, 0.25) is 0 Å². The molecule has 1 heterocycles. The van der Waals surface area contributed by atoms with Crippen molar-refractivity contribution < 1.29 is 4.74 Å². The van der Waals surface area contributed by atoms with Crippen LogP contribution >= 0.6 is 0 Å². The topological polar surface area (TPSA) is 35.2 Å². The van der Waals surface area contributed by atoms with Crippen molar-refractivity contribution >= 4 is 0 Å². The lowest BCUT2D eigenvalue weighted by molar-refractivity contribution is 0.214. The Kier molecular flexibility index (Phi) is 2.09. The molecule has 2 heteroatoms. The Balaban J connectivity index is 2.10. The molecule has 2 N–H and O–H groups in total. The van der Waals surface area contributed by atoms with E-state index in [1.807, 2.05) is 6.26 Å². The predicted octanol–water partition coefficient (Wildman–Crippen LogP) is 1.95. The van der Waals surface area contributed by atoms with E-state index in [2.05, 4.69) is 0 Å². The molecule has 0 saturated heterocycles. The summed E-state index contributed by atoms with van der Waals surface area (Å²) in [5, 5.41) is 0. The first-order valence-corrected chi connectivity index (χ1v) is 4.91. The smallest absolute Gasteiger partial charge is 0.0876 e. The Labute approximate surface area is 73.8 Å². The minimum atomic E-state index is 0.000417. The highest BCUT2D eigenvalue weighted by atomic mass is 16.5. The first-order valence-electron chi connectivity index (χ1n) is 4.91. The minimum absolute atomic E-state index is 0.000417. The van der Waals surface area contributed by atoms with Crippen molar-refractivity contribution in [1.29, 1.82) is 0 Å². The van der Waals surface area contributed by atoms with E-state index < -0.39 is 0 Å². The first-order chi connectivity index (χ1) is 5.81. The van der Waals surface area contributed by atoms with Gasteiger partial charge < -0.3 is 10.5 Å². The quantitative estimate of drug-likeness (QED) is 0.648. The molecule has 0 spiro atoms. The number of nitrogens with two attached hydrogens (primary N) is 1. The van der Waals surface area contributed by atoms with Crippen LogP contribution in [0.1, 0.15) is 38.5 Å². The van der Waals surface area contributed by atoms with Gasteiger partial charge in [-0.3, -0.25) is 0 Å². The van der Waals surface area contributed by atoms with Gasteiger partial charge in [0.05, 0.1) is 12.9 Å². The second kappa shape index (κ2) is 3.09. The third-order valence-electron chi connectivity index (χ3n) is 3.07. The van der Waals surface area contributed by atoms with Crippen LogP contribution in [0.3, 0.4) is 0 Å². The zero-order valence-corrected chi connectivity index (χ0v) is 7.51. The molecule has 12 heavy (non-hydrogen) atoms. The molecule has 2 aliphatic rings. The average molecular weight is 167 g/mol. The van der Waals surface area contributed by atoms with Crippen molar-refractivity contribution in [2.45, 2.75) is 44.1 Å². The molecule has 0 radical (unpaired) electrons. The number of hydrogen-bond acceptors (Lipinski definition) is 2. The number of ether oxygens (including phenoxy) is 1. The van der Waals surface area contributed by atoms with E-state index in [0.717, 1.165) is 32.3 Å². The van der Waals surface area contributed by atoms with Crippen molar-refractivity contribution in [2.24, 2.45) is 5.73 Å². The van der Waals surface area contributed by atoms with E-state index in [0.29, 0.717) is 0 Å². The molecule has 0 bridgehead atoms. The van der Waals surface area contributed by atoms with Crippen molar-refractivity contribution in [3.05, 3.63) is 11.8 Å². The van der Waals surface area contributed by atoms with Gasteiger partial charge in [0.25, 0.3) is 0 Å². The van der Waals surface area contributed by atoms with Crippen molar-refractivity contribution in [2.75, 3.05) is 6.61 Å². The Morgan fingerprint density at radius 1 is 1.25 bits per heavy atom. The molecule has 0 aromatic rings. The molecule has 0 unspecified atom stereocenters. The molecule has 1 aliphatic carbocycles. The molecule has 0 amide bonds. The van der Waals surface area contributed by atoms with Gasteiger partial charge in [-0.1, -0.05) is 12.8 Å². The standard InChI is InChI=1S/C10H17NO/c11-10(5-1-2-6-10)9-4-3-7-12-8-9/h8H,1-7,11H2. The van der Waals surface area contributed by atoms with E-state index in [-0.39, 0.29) is 5.54 Å². The van der Waals surface area contributed by atoms with Gasteiger partial charge in [0.2, 0.25) is 0 Å². The van der Waals surface area contributed by atoms with Crippen molar-refractivity contribution in [3.63, 3.8) is 0 Å². The van der Waals surface area contributed by atoms with E-state index in [4.69, 9.17) is 10.5 Å². The van der Waals surface area contributed by atoms with Crippen LogP contribution in [0.4, 0.5) is 0 Å². The van der Waals surface area contributed by atoms with Gasteiger partial charge in [-0.2, -0.15) is 0 Å². The normalized spacial score (nSPS) is 27.9. The summed E-state index contributed by atoms with van der Waals surface area (Å²) in [6.45, 7) is 0.875. The number of hydrogen-bond donors (Lipinski definition) is 1. The van der Waals surface area contributed by atoms with Crippen LogP contribution in [0.15, 0.2) is 11.8 Å². The molecule has 68 valence electrons. The maximum absolute atomic E-state index is 6.29. The van der Waals surface area contributed by atoms with Crippen molar-refractivity contribution in [3.8, 4) is 0 Å². The molecule has 0 aromatic carbocycles. The van der Waals surface area contributed by atoms with E-state index in [9.17, 15) is 0 Å². The average Bonchev–Trinajstić information content (AvgIpc) is 2.55. The summed E-state index contributed by atoms with van der Waals surface area (Å²) >= 11 is 0. The molecule has 2 rings (SSSR count). The van der Waals surface area contributed by atoms with E-state index in [1.165, 1.54) is 18.4 Å². The Morgan fingerprint density at radius 3 is 2.58 bits per heavy atom. The zero-order valence-electron chi connectivity index (χ0n) is 7.51. The second-order valence-corrected chi connectivity index (χ2v) is 3.98. The summed E-state index contributed by atoms with van der Waals surface area (Å²) < 4.78 is 5.32. The summed E-state index contributed by atoms with van der Waals surface area (Å²) in [4.78, 5) is 0. The summed E-state index contributed by atoms with van der Waals surface area (Å²) in [5.41, 5.74) is 7.64. The SMILES string of the molecule is NC1(C2=COCCC2)CCCC1. The molecular formula is C10H17NO. The highest BCUT2D eigenvalue weighted by Crippen LogP contribution is 2.36. The molecule has 1 aliphatic heterocycles. The van der Waals surface area contributed by atoms with Gasteiger partial charge in [0.1, 0.15) is 0 Å². The summed E-state index contributed by atoms with van der Waals surface area (Å²) in [5.74, 6) is 0. The lowest BCUT2D eigenvalue weighted by Crippen LogP contribution is -2.39. The third kappa shape index (κ3) is 1.36. The van der Waals surface area contributed by atoms with Crippen LogP contribution in [-0.2, 0) is 4.74 Å². The van der Waals surface area contributed by atoms with E-state index >= 15 is 0 Å². The first kappa shape index (κ1) is 8.11. The fourth-order valence-corrected chi connectivity index (χ4v) is 2.26. The van der Waals surface area contributed by atoms with Crippen LogP contribution in [0, 0.1) is 0 Å². The largest absolute Gasteiger partial charge is 0.501 e. The minimum Gasteiger partial charge on any atom is -0.501 e. The fraction of sp³-hybridized carbons (Fsp3) is 0.800. The zero-order chi connectivity index (χ0) is 8.44. The second-order valence-electron chi connectivity index (χ2n) is 3.98. The molecular weight excluding hydrogens is 150 g/mol. The van der Waals surface area contributed by atoms with Gasteiger partial charge >= 0.3 is 0 Å². The Hall–Kier alpha value is -0.500. The van der Waals surface area contributed by atoms with Crippen molar-refractivity contribution in [1.82, 2.24) is 0 Å². The van der Waals surface area contributed by atoms with Crippen LogP contribution < -0.4 is 5.73 Å². The fourth-order valence-electron chi connectivity index (χ4n) is 2.26. The van der Waals surface area contributed by atoms with Gasteiger partial charge in [-0.15, -0.1) is 0 Å². The van der Waals surface area contributed by atoms with Crippen LogP contribution in [-0.4, -0.2) is 12.1 Å². The van der Waals surface area contributed by atoms with Gasteiger partial charge in [-0.25, -0.2) is 0 Å². The Bertz CT molecular complexity index is 192.